The molecule has 0 rings (SSSR count). The average Bonchev–Trinajstić information content (AvgIpc) is 1.96. The summed E-state index contributed by atoms with van der Waals surface area (Å²) in [6, 6.07) is 0. The molecule has 0 saturated heterocycles. The van der Waals surface area contributed by atoms with Crippen molar-refractivity contribution in [2.24, 2.45) is 11.8 Å². The van der Waals surface area contributed by atoms with Gasteiger partial charge in [0.25, 0.3) is 0 Å². The van der Waals surface area contributed by atoms with Crippen LogP contribution in [0.25, 0.3) is 0 Å². The molecule has 12 heavy (non-hydrogen) atoms. The molecule has 0 aromatic heterocycles. The van der Waals surface area contributed by atoms with Gasteiger partial charge in [0, 0.05) is 6.61 Å². The summed E-state index contributed by atoms with van der Waals surface area (Å²) in [7, 11) is 0.198. The first-order valence-corrected chi connectivity index (χ1v) is 5.43. The van der Waals surface area contributed by atoms with Crippen LogP contribution in [0.4, 0.5) is 0 Å². The van der Waals surface area contributed by atoms with Crippen molar-refractivity contribution in [1.29, 1.82) is 0 Å². The zero-order chi connectivity index (χ0) is 9.56. The Hall–Kier alpha value is 0.137. The topological polar surface area (TPSA) is 18.5 Å². The summed E-state index contributed by atoms with van der Waals surface area (Å²) in [6.07, 6.45) is 0.329. The van der Waals surface area contributed by atoms with Gasteiger partial charge in [0.2, 0.25) is 0 Å². The molecule has 0 saturated carbocycles. The van der Waals surface area contributed by atoms with Gasteiger partial charge in [-0.05, 0) is 18.8 Å². The molecule has 2 nitrogen and oxygen atoms in total. The summed E-state index contributed by atoms with van der Waals surface area (Å²) in [4.78, 5) is 0. The van der Waals surface area contributed by atoms with E-state index in [9.17, 15) is 0 Å². The molecule has 0 aliphatic carbocycles. The second kappa shape index (κ2) is 6.63. The van der Waals surface area contributed by atoms with Crippen LogP contribution in [-0.4, -0.2) is 22.7 Å². The minimum absolute atomic E-state index is 0.198. The summed E-state index contributed by atoms with van der Waals surface area (Å²) < 4.78 is 10.8. The largest absolute Gasteiger partial charge is 0.433 e. The van der Waals surface area contributed by atoms with Gasteiger partial charge in [-0.3, -0.25) is 0 Å². The first-order valence-electron chi connectivity index (χ1n) is 4.62. The Morgan fingerprint density at radius 1 is 1.08 bits per heavy atom. The Morgan fingerprint density at radius 2 is 1.58 bits per heavy atom. The van der Waals surface area contributed by atoms with Crippen LogP contribution in [0.1, 0.15) is 34.6 Å². The van der Waals surface area contributed by atoms with E-state index in [1.54, 1.807) is 0 Å². The maximum absolute atomic E-state index is 5.61. The second-order valence-corrected chi connectivity index (χ2v) is 4.28. The van der Waals surface area contributed by atoms with E-state index in [-0.39, 0.29) is 10.0 Å². The van der Waals surface area contributed by atoms with Gasteiger partial charge in [-0.25, -0.2) is 0 Å². The Kier molecular flexibility index (Phi) is 6.71. The summed E-state index contributed by atoms with van der Waals surface area (Å²) in [5.41, 5.74) is 0. The quantitative estimate of drug-likeness (QED) is 0.470. The minimum atomic E-state index is 0.198. The molecule has 0 aromatic rings. The SMILES string of the molecule is CCO[Si]OC(C(C)C)C(C)C. The maximum atomic E-state index is 5.61. The van der Waals surface area contributed by atoms with E-state index < -0.39 is 0 Å². The lowest BCUT2D eigenvalue weighted by Gasteiger charge is -2.24. The van der Waals surface area contributed by atoms with E-state index >= 15 is 0 Å². The van der Waals surface area contributed by atoms with Gasteiger partial charge in [0.15, 0.2) is 0 Å². The fourth-order valence-electron chi connectivity index (χ4n) is 1.19. The van der Waals surface area contributed by atoms with Gasteiger partial charge in [-0.15, -0.1) is 0 Å². The Labute approximate surface area is 78.7 Å². The molecule has 0 aliphatic heterocycles. The summed E-state index contributed by atoms with van der Waals surface area (Å²) in [5.74, 6) is 1.14. The van der Waals surface area contributed by atoms with Crippen LogP contribution >= 0.6 is 0 Å². The summed E-state index contributed by atoms with van der Waals surface area (Å²) in [5, 5.41) is 0. The van der Waals surface area contributed by atoms with Crippen LogP contribution < -0.4 is 0 Å². The first-order chi connectivity index (χ1) is 5.59. The number of rotatable bonds is 6. The molecule has 3 heteroatoms. The lowest BCUT2D eigenvalue weighted by Crippen LogP contribution is -2.28. The van der Waals surface area contributed by atoms with Crippen molar-refractivity contribution in [1.82, 2.24) is 0 Å². The highest BCUT2D eigenvalue weighted by molar-refractivity contribution is 6.18. The zero-order valence-electron chi connectivity index (χ0n) is 8.76. The van der Waals surface area contributed by atoms with E-state index in [1.165, 1.54) is 0 Å². The molecule has 0 N–H and O–H groups in total. The lowest BCUT2D eigenvalue weighted by atomic mass is 9.97. The van der Waals surface area contributed by atoms with E-state index in [2.05, 4.69) is 27.7 Å². The van der Waals surface area contributed by atoms with Gasteiger partial charge in [0.1, 0.15) is 0 Å². The van der Waals surface area contributed by atoms with Gasteiger partial charge in [-0.2, -0.15) is 0 Å². The van der Waals surface area contributed by atoms with Crippen molar-refractivity contribution < 1.29 is 8.85 Å². The van der Waals surface area contributed by atoms with Gasteiger partial charge >= 0.3 is 10.0 Å². The van der Waals surface area contributed by atoms with Crippen molar-refractivity contribution in [3.63, 3.8) is 0 Å². The molecule has 0 heterocycles. The molecule has 2 radical (unpaired) electrons. The van der Waals surface area contributed by atoms with Crippen molar-refractivity contribution in [3.05, 3.63) is 0 Å². The fraction of sp³-hybridized carbons (Fsp3) is 1.00. The smallest absolute Gasteiger partial charge is 0.393 e. The van der Waals surface area contributed by atoms with E-state index in [0.717, 1.165) is 6.61 Å². The number of hydrogen-bond donors (Lipinski definition) is 0. The average molecular weight is 188 g/mol. The molecule has 0 fully saturated rings. The Bertz CT molecular complexity index is 96.7. The molecule has 0 amide bonds. The minimum Gasteiger partial charge on any atom is -0.393 e. The molecule has 0 spiro atoms. The highest BCUT2D eigenvalue weighted by Gasteiger charge is 2.18. The third-order valence-electron chi connectivity index (χ3n) is 1.70. The molecular formula is C9H20O2Si. The third kappa shape index (κ3) is 4.90. The van der Waals surface area contributed by atoms with Gasteiger partial charge in [-0.1, -0.05) is 27.7 Å². The molecule has 0 unspecified atom stereocenters. The zero-order valence-corrected chi connectivity index (χ0v) is 9.76. The highest BCUT2D eigenvalue weighted by atomic mass is 28.3. The number of hydrogen-bond acceptors (Lipinski definition) is 2. The highest BCUT2D eigenvalue weighted by Crippen LogP contribution is 2.15. The van der Waals surface area contributed by atoms with Crippen molar-refractivity contribution in [3.8, 4) is 0 Å². The monoisotopic (exact) mass is 188 g/mol. The van der Waals surface area contributed by atoms with Crippen LogP contribution in [-0.2, 0) is 8.85 Å². The predicted molar refractivity (Wildman–Crippen MR) is 51.9 cm³/mol. The summed E-state index contributed by atoms with van der Waals surface area (Å²) in [6.45, 7) is 11.4. The predicted octanol–water partition coefficient (Wildman–Crippen LogP) is 2.25. The van der Waals surface area contributed by atoms with Crippen LogP contribution in [0, 0.1) is 11.8 Å². The molecule has 72 valence electrons. The lowest BCUT2D eigenvalue weighted by molar-refractivity contribution is 0.0822. The maximum Gasteiger partial charge on any atom is 0.433 e. The second-order valence-electron chi connectivity index (χ2n) is 3.59. The van der Waals surface area contributed by atoms with E-state index in [0.29, 0.717) is 17.9 Å². The third-order valence-corrected chi connectivity index (χ3v) is 2.48. The normalized spacial score (nSPS) is 12.0. The van der Waals surface area contributed by atoms with E-state index in [1.807, 2.05) is 6.92 Å². The van der Waals surface area contributed by atoms with Gasteiger partial charge in [0.05, 0.1) is 6.10 Å². The van der Waals surface area contributed by atoms with Crippen LogP contribution in [0.3, 0.4) is 0 Å². The standard InChI is InChI=1S/C9H20O2Si/c1-6-10-12-11-9(7(2)3)8(4)5/h7-9H,6H2,1-5H3. The molecule has 0 aromatic carbocycles. The molecule has 0 bridgehead atoms. The summed E-state index contributed by atoms with van der Waals surface area (Å²) >= 11 is 0. The van der Waals surface area contributed by atoms with Crippen LogP contribution in [0.2, 0.25) is 0 Å². The molecular weight excluding hydrogens is 168 g/mol. The van der Waals surface area contributed by atoms with Crippen molar-refractivity contribution in [2.45, 2.75) is 40.7 Å². The van der Waals surface area contributed by atoms with Crippen LogP contribution in [0.15, 0.2) is 0 Å². The van der Waals surface area contributed by atoms with Crippen molar-refractivity contribution in [2.75, 3.05) is 6.61 Å². The first kappa shape index (κ1) is 12.1. The Morgan fingerprint density at radius 3 is 1.92 bits per heavy atom. The Balaban J connectivity index is 3.64. The molecule has 0 aliphatic rings. The molecule has 0 atom stereocenters. The van der Waals surface area contributed by atoms with Crippen LogP contribution in [0.5, 0.6) is 0 Å². The van der Waals surface area contributed by atoms with E-state index in [4.69, 9.17) is 8.85 Å². The van der Waals surface area contributed by atoms with Crippen molar-refractivity contribution >= 4 is 10.0 Å². The fourth-order valence-corrected chi connectivity index (χ4v) is 2.03. The van der Waals surface area contributed by atoms with Gasteiger partial charge < -0.3 is 8.85 Å².